The summed E-state index contributed by atoms with van der Waals surface area (Å²) in [6, 6.07) is 0. The zero-order valence-electron chi connectivity index (χ0n) is 11.6. The molecular formula is C12H31NO. The summed E-state index contributed by atoms with van der Waals surface area (Å²) in [7, 11) is 3.84. The van der Waals surface area contributed by atoms with Gasteiger partial charge in [-0.3, -0.25) is 0 Å². The molecular weight excluding hydrogens is 174 g/mol. The summed E-state index contributed by atoms with van der Waals surface area (Å²) in [5.41, 5.74) is 0. The zero-order chi connectivity index (χ0) is 12.0. The molecule has 0 aliphatic rings. The highest BCUT2D eigenvalue weighted by molar-refractivity contribution is 4.54. The molecule has 0 radical (unpaired) electrons. The average Bonchev–Trinajstić information content (AvgIpc) is 2.21. The van der Waals surface area contributed by atoms with Gasteiger partial charge in [-0.1, -0.05) is 41.0 Å². The molecule has 0 aliphatic carbocycles. The fourth-order valence-corrected chi connectivity index (χ4v) is 0.643. The predicted octanol–water partition coefficient (Wildman–Crippen LogP) is 3.42. The van der Waals surface area contributed by atoms with E-state index in [9.17, 15) is 0 Å². The van der Waals surface area contributed by atoms with Crippen LogP contribution in [0.1, 0.15) is 48.0 Å². The lowest BCUT2D eigenvalue weighted by Crippen LogP contribution is -2.28. The highest BCUT2D eigenvalue weighted by Gasteiger charge is 2.00. The largest absolute Gasteiger partial charge is 0.380 e. The van der Waals surface area contributed by atoms with Crippen molar-refractivity contribution in [3.05, 3.63) is 0 Å². The first-order chi connectivity index (χ1) is 6.62. The third-order valence-corrected chi connectivity index (χ3v) is 1.51. The normalized spacial score (nSPS) is 10.9. The summed E-state index contributed by atoms with van der Waals surface area (Å²) in [5, 5.41) is 0. The second kappa shape index (κ2) is 18.7. The van der Waals surface area contributed by atoms with Crippen molar-refractivity contribution in [3.8, 4) is 0 Å². The van der Waals surface area contributed by atoms with Gasteiger partial charge in [-0.05, 0) is 20.5 Å². The van der Waals surface area contributed by atoms with Gasteiger partial charge >= 0.3 is 0 Å². The van der Waals surface area contributed by atoms with Crippen molar-refractivity contribution >= 4 is 0 Å². The van der Waals surface area contributed by atoms with Crippen LogP contribution in [0.4, 0.5) is 0 Å². The van der Waals surface area contributed by atoms with Crippen molar-refractivity contribution in [1.82, 2.24) is 4.90 Å². The van der Waals surface area contributed by atoms with Gasteiger partial charge in [0.05, 0.1) is 6.10 Å². The first-order valence-corrected chi connectivity index (χ1v) is 5.83. The minimum atomic E-state index is 0.356. The van der Waals surface area contributed by atoms with Gasteiger partial charge in [0.1, 0.15) is 0 Å². The van der Waals surface area contributed by atoms with Crippen LogP contribution in [0.3, 0.4) is 0 Å². The molecule has 0 rings (SSSR count). The molecule has 0 saturated heterocycles. The van der Waals surface area contributed by atoms with E-state index in [2.05, 4.69) is 39.6 Å². The van der Waals surface area contributed by atoms with E-state index in [0.717, 1.165) is 13.1 Å². The first-order valence-electron chi connectivity index (χ1n) is 5.83. The standard InChI is InChI=1S/C7H17NO.C3H8.C2H6/c1-5-8(3)6-7(2)9-4;1-3-2;1-2/h7H,5-6H2,1-4H3;3H2,1-2H3;1-2H3/t7-;;/m1../s1. The molecule has 1 atom stereocenters. The Hall–Kier alpha value is -0.0800. The van der Waals surface area contributed by atoms with Crippen molar-refractivity contribution in [2.24, 2.45) is 0 Å². The number of nitrogens with zero attached hydrogens (tertiary/aromatic N) is 1. The number of hydrogen-bond acceptors (Lipinski definition) is 2. The molecule has 0 aromatic heterocycles. The Balaban J connectivity index is -0.000000205. The van der Waals surface area contributed by atoms with E-state index >= 15 is 0 Å². The molecule has 14 heavy (non-hydrogen) atoms. The minimum Gasteiger partial charge on any atom is -0.380 e. The number of likely N-dealkylation sites (N-methyl/N-ethyl adjacent to an activating group) is 1. The molecule has 2 nitrogen and oxygen atoms in total. The smallest absolute Gasteiger partial charge is 0.0669 e. The first kappa shape index (κ1) is 19.5. The fraction of sp³-hybridized carbons (Fsp3) is 1.00. The summed E-state index contributed by atoms with van der Waals surface area (Å²) in [4.78, 5) is 2.23. The van der Waals surface area contributed by atoms with E-state index in [-0.39, 0.29) is 0 Å². The molecule has 0 N–H and O–H groups in total. The van der Waals surface area contributed by atoms with E-state index < -0.39 is 0 Å². The Bertz CT molecular complexity index is 68.7. The minimum absolute atomic E-state index is 0.356. The summed E-state index contributed by atoms with van der Waals surface area (Å²) in [6.07, 6.45) is 1.61. The maximum atomic E-state index is 5.08. The Labute approximate surface area is 91.6 Å². The third-order valence-electron chi connectivity index (χ3n) is 1.51. The predicted molar refractivity (Wildman–Crippen MR) is 67.0 cm³/mol. The monoisotopic (exact) mass is 205 g/mol. The van der Waals surface area contributed by atoms with Crippen LogP contribution in [0.2, 0.25) is 0 Å². The van der Waals surface area contributed by atoms with Gasteiger partial charge in [0.25, 0.3) is 0 Å². The Morgan fingerprint density at radius 3 is 1.71 bits per heavy atom. The lowest BCUT2D eigenvalue weighted by atomic mass is 10.4. The zero-order valence-corrected chi connectivity index (χ0v) is 11.6. The quantitative estimate of drug-likeness (QED) is 0.697. The second-order valence-electron chi connectivity index (χ2n) is 3.11. The lowest BCUT2D eigenvalue weighted by molar-refractivity contribution is 0.0873. The van der Waals surface area contributed by atoms with Crippen LogP contribution in [0.5, 0.6) is 0 Å². The molecule has 90 valence electrons. The van der Waals surface area contributed by atoms with Gasteiger partial charge < -0.3 is 9.64 Å². The van der Waals surface area contributed by atoms with E-state index in [4.69, 9.17) is 4.74 Å². The summed E-state index contributed by atoms with van der Waals surface area (Å²) >= 11 is 0. The van der Waals surface area contributed by atoms with Gasteiger partial charge in [-0.15, -0.1) is 0 Å². The Morgan fingerprint density at radius 2 is 1.50 bits per heavy atom. The maximum Gasteiger partial charge on any atom is 0.0669 e. The van der Waals surface area contributed by atoms with Crippen LogP contribution in [-0.4, -0.2) is 38.3 Å². The molecule has 0 aliphatic heterocycles. The van der Waals surface area contributed by atoms with E-state index in [1.165, 1.54) is 6.42 Å². The fourth-order valence-electron chi connectivity index (χ4n) is 0.643. The van der Waals surface area contributed by atoms with Gasteiger partial charge in [-0.25, -0.2) is 0 Å². The molecule has 0 saturated carbocycles. The number of hydrogen-bond donors (Lipinski definition) is 0. The molecule has 0 fully saturated rings. The number of ether oxygens (including phenoxy) is 1. The average molecular weight is 205 g/mol. The van der Waals surface area contributed by atoms with Crippen LogP contribution in [-0.2, 0) is 4.74 Å². The lowest BCUT2D eigenvalue weighted by Gasteiger charge is -2.17. The SMILES string of the molecule is CC.CCC.CCN(C)C[C@@H](C)OC. The molecule has 2 heteroatoms. The van der Waals surface area contributed by atoms with Gasteiger partial charge in [-0.2, -0.15) is 0 Å². The van der Waals surface area contributed by atoms with Crippen molar-refractivity contribution in [2.75, 3.05) is 27.2 Å². The van der Waals surface area contributed by atoms with Crippen LogP contribution in [0, 0.1) is 0 Å². The molecule has 0 amide bonds. The third kappa shape index (κ3) is 22.7. The number of rotatable bonds is 4. The van der Waals surface area contributed by atoms with Crippen molar-refractivity contribution in [2.45, 2.75) is 54.1 Å². The van der Waals surface area contributed by atoms with Crippen LogP contribution in [0.25, 0.3) is 0 Å². The maximum absolute atomic E-state index is 5.08. The summed E-state index contributed by atoms with van der Waals surface area (Å²) in [5.74, 6) is 0. The van der Waals surface area contributed by atoms with Gasteiger partial charge in [0, 0.05) is 13.7 Å². The highest BCUT2D eigenvalue weighted by atomic mass is 16.5. The molecule has 0 bridgehead atoms. The van der Waals surface area contributed by atoms with Crippen molar-refractivity contribution in [1.29, 1.82) is 0 Å². The molecule has 0 heterocycles. The van der Waals surface area contributed by atoms with E-state index in [1.54, 1.807) is 7.11 Å². The van der Waals surface area contributed by atoms with Crippen LogP contribution >= 0.6 is 0 Å². The summed E-state index contributed by atoms with van der Waals surface area (Å²) in [6.45, 7) is 14.6. The van der Waals surface area contributed by atoms with Crippen LogP contribution < -0.4 is 0 Å². The summed E-state index contributed by atoms with van der Waals surface area (Å²) < 4.78 is 5.08. The molecule has 0 unspecified atom stereocenters. The van der Waals surface area contributed by atoms with Crippen LogP contribution in [0.15, 0.2) is 0 Å². The molecule has 0 spiro atoms. The Kier molecular flexibility index (Phi) is 26.0. The molecule has 0 aromatic rings. The Morgan fingerprint density at radius 1 is 1.14 bits per heavy atom. The second-order valence-corrected chi connectivity index (χ2v) is 3.11. The molecule has 0 aromatic carbocycles. The van der Waals surface area contributed by atoms with E-state index in [1.807, 2.05) is 13.8 Å². The highest BCUT2D eigenvalue weighted by Crippen LogP contribution is 1.90. The topological polar surface area (TPSA) is 12.5 Å². The van der Waals surface area contributed by atoms with Gasteiger partial charge in [0.15, 0.2) is 0 Å². The van der Waals surface area contributed by atoms with Crippen molar-refractivity contribution in [3.63, 3.8) is 0 Å². The van der Waals surface area contributed by atoms with E-state index in [0.29, 0.717) is 6.10 Å². The number of methoxy groups -OCH3 is 1. The van der Waals surface area contributed by atoms with Gasteiger partial charge in [0.2, 0.25) is 0 Å². The van der Waals surface area contributed by atoms with Crippen molar-refractivity contribution < 1.29 is 4.74 Å².